The van der Waals surface area contributed by atoms with Gasteiger partial charge in [0.15, 0.2) is 0 Å². The minimum absolute atomic E-state index is 0.169. The smallest absolute Gasteiger partial charge is 0.267 e. The van der Waals surface area contributed by atoms with Crippen molar-refractivity contribution in [1.29, 1.82) is 0 Å². The first-order valence-electron chi connectivity index (χ1n) is 10.2. The van der Waals surface area contributed by atoms with Crippen LogP contribution >= 0.6 is 0 Å². The molecule has 2 heterocycles. The maximum Gasteiger partial charge on any atom is 0.267 e. The van der Waals surface area contributed by atoms with Gasteiger partial charge in [-0.1, -0.05) is 30.3 Å². The number of aromatic nitrogens is 2. The molecule has 1 fully saturated rings. The molecule has 1 N–H and O–H groups in total. The van der Waals surface area contributed by atoms with Crippen molar-refractivity contribution in [3.8, 4) is 0 Å². The van der Waals surface area contributed by atoms with E-state index in [2.05, 4.69) is 32.3 Å². The average Bonchev–Trinajstić information content (AvgIpc) is 2.81. The first-order chi connectivity index (χ1) is 15.1. The molecule has 0 bridgehead atoms. The van der Waals surface area contributed by atoms with Gasteiger partial charge in [-0.2, -0.15) is 5.10 Å². The van der Waals surface area contributed by atoms with Gasteiger partial charge in [0.1, 0.15) is 18.2 Å². The standard InChI is InChI=1S/C23H24FN5O2/c24-19-8-6-18(7-9-19)16-25-22(30)17-29-23(31)11-10-21(26-29)28-14-12-27(13-15-28)20-4-2-1-3-5-20/h1-11H,12-17H2,(H,25,30). The summed E-state index contributed by atoms with van der Waals surface area (Å²) in [4.78, 5) is 28.9. The summed E-state index contributed by atoms with van der Waals surface area (Å²) in [5.41, 5.74) is 1.64. The van der Waals surface area contributed by atoms with Crippen molar-refractivity contribution in [2.45, 2.75) is 13.1 Å². The Kier molecular flexibility index (Phi) is 6.26. The summed E-state index contributed by atoms with van der Waals surface area (Å²) in [7, 11) is 0. The van der Waals surface area contributed by atoms with Crippen molar-refractivity contribution in [3.05, 3.63) is 88.5 Å². The van der Waals surface area contributed by atoms with Gasteiger partial charge >= 0.3 is 0 Å². The Morgan fingerprint density at radius 1 is 0.903 bits per heavy atom. The number of hydrogen-bond acceptors (Lipinski definition) is 5. The summed E-state index contributed by atoms with van der Waals surface area (Å²) in [6.45, 7) is 3.34. The molecule has 0 unspecified atom stereocenters. The number of amides is 1. The number of carbonyl (C=O) groups is 1. The van der Waals surface area contributed by atoms with Crippen LogP contribution in [0.3, 0.4) is 0 Å². The number of halogens is 1. The molecular formula is C23H24FN5O2. The quantitative estimate of drug-likeness (QED) is 0.660. The van der Waals surface area contributed by atoms with Crippen LogP contribution in [-0.4, -0.2) is 41.9 Å². The molecule has 1 aliphatic heterocycles. The van der Waals surface area contributed by atoms with Crippen LogP contribution in [0.1, 0.15) is 5.56 Å². The van der Waals surface area contributed by atoms with Gasteiger partial charge in [0, 0.05) is 44.5 Å². The van der Waals surface area contributed by atoms with Crippen molar-refractivity contribution >= 4 is 17.4 Å². The maximum atomic E-state index is 13.0. The lowest BCUT2D eigenvalue weighted by molar-refractivity contribution is -0.122. The van der Waals surface area contributed by atoms with Crippen LogP contribution in [0.5, 0.6) is 0 Å². The van der Waals surface area contributed by atoms with Crippen LogP contribution in [0.2, 0.25) is 0 Å². The lowest BCUT2D eigenvalue weighted by Crippen LogP contribution is -2.47. The average molecular weight is 421 g/mol. The van der Waals surface area contributed by atoms with Crippen LogP contribution in [0.15, 0.2) is 71.5 Å². The van der Waals surface area contributed by atoms with E-state index in [1.54, 1.807) is 18.2 Å². The highest BCUT2D eigenvalue weighted by atomic mass is 19.1. The molecule has 4 rings (SSSR count). The number of rotatable bonds is 6. The Labute approximate surface area is 179 Å². The number of carbonyl (C=O) groups excluding carboxylic acids is 1. The van der Waals surface area contributed by atoms with Crippen LogP contribution in [0, 0.1) is 5.82 Å². The summed E-state index contributed by atoms with van der Waals surface area (Å²) in [5.74, 6) is 0.0239. The van der Waals surface area contributed by atoms with Crippen LogP contribution in [-0.2, 0) is 17.9 Å². The van der Waals surface area contributed by atoms with E-state index in [0.29, 0.717) is 5.82 Å². The predicted molar refractivity (Wildman–Crippen MR) is 118 cm³/mol. The third-order valence-corrected chi connectivity index (χ3v) is 5.27. The zero-order valence-corrected chi connectivity index (χ0v) is 17.1. The molecule has 7 nitrogen and oxygen atoms in total. The van der Waals surface area contributed by atoms with E-state index >= 15 is 0 Å². The van der Waals surface area contributed by atoms with Gasteiger partial charge in [0.25, 0.3) is 5.56 Å². The van der Waals surface area contributed by atoms with E-state index in [9.17, 15) is 14.0 Å². The number of anilines is 2. The number of para-hydroxylation sites is 1. The summed E-state index contributed by atoms with van der Waals surface area (Å²) in [5, 5.41) is 7.14. The molecule has 0 aliphatic carbocycles. The Hall–Kier alpha value is -3.68. The highest BCUT2D eigenvalue weighted by Crippen LogP contribution is 2.18. The van der Waals surface area contributed by atoms with Crippen molar-refractivity contribution in [3.63, 3.8) is 0 Å². The van der Waals surface area contributed by atoms with Gasteiger partial charge in [-0.15, -0.1) is 0 Å². The van der Waals surface area contributed by atoms with E-state index in [-0.39, 0.29) is 30.4 Å². The summed E-state index contributed by atoms with van der Waals surface area (Å²) < 4.78 is 14.2. The molecule has 1 aromatic heterocycles. The summed E-state index contributed by atoms with van der Waals surface area (Å²) in [6, 6.07) is 19.3. The molecule has 3 aromatic rings. The van der Waals surface area contributed by atoms with E-state index in [4.69, 9.17) is 0 Å². The Morgan fingerprint density at radius 2 is 1.58 bits per heavy atom. The van der Waals surface area contributed by atoms with Crippen molar-refractivity contribution in [1.82, 2.24) is 15.1 Å². The van der Waals surface area contributed by atoms with E-state index in [0.717, 1.165) is 31.7 Å². The molecule has 0 spiro atoms. The second kappa shape index (κ2) is 9.42. The topological polar surface area (TPSA) is 70.5 Å². The highest BCUT2D eigenvalue weighted by molar-refractivity contribution is 5.75. The zero-order valence-electron chi connectivity index (χ0n) is 17.1. The first kappa shape index (κ1) is 20.6. The van der Waals surface area contributed by atoms with Crippen LogP contribution in [0.25, 0.3) is 0 Å². The van der Waals surface area contributed by atoms with Crippen LogP contribution in [0.4, 0.5) is 15.9 Å². The monoisotopic (exact) mass is 421 g/mol. The molecule has 8 heteroatoms. The molecular weight excluding hydrogens is 397 g/mol. The largest absolute Gasteiger partial charge is 0.368 e. The molecule has 0 radical (unpaired) electrons. The number of nitrogens with one attached hydrogen (secondary N) is 1. The summed E-state index contributed by atoms with van der Waals surface area (Å²) >= 11 is 0. The van der Waals surface area contributed by atoms with Gasteiger partial charge in [0.05, 0.1) is 0 Å². The predicted octanol–water partition coefficient (Wildman–Crippen LogP) is 2.03. The minimum atomic E-state index is -0.330. The Bertz CT molecular complexity index is 1080. The third-order valence-electron chi connectivity index (χ3n) is 5.27. The first-order valence-corrected chi connectivity index (χ1v) is 10.2. The van der Waals surface area contributed by atoms with E-state index in [1.165, 1.54) is 28.6 Å². The SMILES string of the molecule is O=C(Cn1nc(N2CCN(c3ccccc3)CC2)ccc1=O)NCc1ccc(F)cc1. The maximum absolute atomic E-state index is 13.0. The zero-order chi connectivity index (χ0) is 21.6. The van der Waals surface area contributed by atoms with E-state index in [1.807, 2.05) is 18.2 Å². The van der Waals surface area contributed by atoms with Gasteiger partial charge in [-0.3, -0.25) is 9.59 Å². The number of hydrogen-bond donors (Lipinski definition) is 1. The highest BCUT2D eigenvalue weighted by Gasteiger charge is 2.19. The number of piperazine rings is 1. The van der Waals surface area contributed by atoms with Crippen LogP contribution < -0.4 is 20.7 Å². The third kappa shape index (κ3) is 5.28. The fourth-order valence-corrected chi connectivity index (χ4v) is 3.55. The molecule has 1 amide bonds. The fraction of sp³-hybridized carbons (Fsp3) is 0.261. The fourth-order valence-electron chi connectivity index (χ4n) is 3.55. The van der Waals surface area contributed by atoms with Crippen molar-refractivity contribution in [2.75, 3.05) is 36.0 Å². The summed E-state index contributed by atoms with van der Waals surface area (Å²) in [6.07, 6.45) is 0. The Morgan fingerprint density at radius 3 is 2.29 bits per heavy atom. The molecule has 2 aromatic carbocycles. The molecule has 0 atom stereocenters. The molecule has 31 heavy (non-hydrogen) atoms. The number of nitrogens with zero attached hydrogens (tertiary/aromatic N) is 4. The molecule has 1 aliphatic rings. The second-order valence-electron chi connectivity index (χ2n) is 7.40. The van der Waals surface area contributed by atoms with Gasteiger partial charge < -0.3 is 15.1 Å². The lowest BCUT2D eigenvalue weighted by Gasteiger charge is -2.36. The van der Waals surface area contributed by atoms with E-state index < -0.39 is 0 Å². The second-order valence-corrected chi connectivity index (χ2v) is 7.40. The minimum Gasteiger partial charge on any atom is -0.368 e. The number of benzene rings is 2. The lowest BCUT2D eigenvalue weighted by atomic mass is 10.2. The molecule has 160 valence electrons. The van der Waals surface area contributed by atoms with Crippen molar-refractivity contribution in [2.24, 2.45) is 0 Å². The van der Waals surface area contributed by atoms with Gasteiger partial charge in [0.2, 0.25) is 5.91 Å². The normalized spacial score (nSPS) is 13.8. The van der Waals surface area contributed by atoms with Crippen molar-refractivity contribution < 1.29 is 9.18 Å². The molecule has 0 saturated carbocycles. The Balaban J connectivity index is 1.35. The molecule has 1 saturated heterocycles. The van der Waals surface area contributed by atoms with Gasteiger partial charge in [-0.05, 0) is 35.9 Å². The van der Waals surface area contributed by atoms with Gasteiger partial charge in [-0.25, -0.2) is 9.07 Å².